The second-order valence-electron chi connectivity index (χ2n) is 5.79. The van der Waals surface area contributed by atoms with Crippen LogP contribution in [-0.2, 0) is 11.3 Å². The predicted octanol–water partition coefficient (Wildman–Crippen LogP) is 4.17. The number of aryl methyl sites for hydroxylation is 2. The third-order valence-electron chi connectivity index (χ3n) is 3.48. The van der Waals surface area contributed by atoms with Crippen molar-refractivity contribution in [3.63, 3.8) is 0 Å². The van der Waals surface area contributed by atoms with E-state index in [4.69, 9.17) is 11.6 Å². The number of rotatable bonds is 5. The van der Waals surface area contributed by atoms with Gasteiger partial charge < -0.3 is 5.32 Å². The van der Waals surface area contributed by atoms with Gasteiger partial charge in [-0.3, -0.25) is 9.69 Å². The van der Waals surface area contributed by atoms with Gasteiger partial charge in [0.25, 0.3) is 0 Å². The van der Waals surface area contributed by atoms with Crippen molar-refractivity contribution < 1.29 is 9.18 Å². The lowest BCUT2D eigenvalue weighted by Crippen LogP contribution is -2.30. The van der Waals surface area contributed by atoms with E-state index in [1.165, 1.54) is 12.1 Å². The van der Waals surface area contributed by atoms with Gasteiger partial charge in [-0.2, -0.15) is 0 Å². The highest BCUT2D eigenvalue weighted by Gasteiger charge is 2.12. The molecule has 0 heterocycles. The lowest BCUT2D eigenvalue weighted by molar-refractivity contribution is -0.117. The fourth-order valence-electron chi connectivity index (χ4n) is 2.46. The first-order valence-corrected chi connectivity index (χ1v) is 7.72. The number of halogens is 2. The number of hydrogen-bond donors (Lipinski definition) is 1. The smallest absolute Gasteiger partial charge is 0.238 e. The molecule has 0 aromatic heterocycles. The molecule has 0 saturated carbocycles. The lowest BCUT2D eigenvalue weighted by atomic mass is 10.1. The molecule has 1 N–H and O–H groups in total. The average Bonchev–Trinajstić information content (AvgIpc) is 2.45. The molecule has 23 heavy (non-hydrogen) atoms. The zero-order valence-corrected chi connectivity index (χ0v) is 14.2. The molecule has 0 saturated heterocycles. The molecule has 0 aliphatic rings. The number of amides is 1. The highest BCUT2D eigenvalue weighted by atomic mass is 35.5. The van der Waals surface area contributed by atoms with E-state index in [1.807, 2.05) is 37.9 Å². The van der Waals surface area contributed by atoms with Crippen LogP contribution in [0.1, 0.15) is 16.7 Å². The zero-order chi connectivity index (χ0) is 17.0. The van der Waals surface area contributed by atoms with Gasteiger partial charge in [0, 0.05) is 6.54 Å². The van der Waals surface area contributed by atoms with Crippen molar-refractivity contribution in [1.29, 1.82) is 0 Å². The van der Waals surface area contributed by atoms with Crippen LogP contribution in [0.5, 0.6) is 0 Å². The monoisotopic (exact) mass is 334 g/mol. The lowest BCUT2D eigenvalue weighted by Gasteiger charge is -2.17. The number of nitrogens with zero attached hydrogens (tertiary/aromatic N) is 1. The fraction of sp³-hybridized carbons (Fsp3) is 0.278. The molecule has 0 spiro atoms. The molecule has 2 aromatic rings. The van der Waals surface area contributed by atoms with E-state index in [0.717, 1.165) is 16.7 Å². The molecule has 5 heteroatoms. The maximum absolute atomic E-state index is 12.9. The first-order chi connectivity index (χ1) is 10.8. The van der Waals surface area contributed by atoms with Gasteiger partial charge in [0.15, 0.2) is 0 Å². The van der Waals surface area contributed by atoms with Crippen LogP contribution in [0.3, 0.4) is 0 Å². The molecule has 122 valence electrons. The number of anilines is 1. The van der Waals surface area contributed by atoms with Crippen molar-refractivity contribution in [3.05, 3.63) is 63.9 Å². The van der Waals surface area contributed by atoms with Crippen molar-refractivity contribution in [3.8, 4) is 0 Å². The van der Waals surface area contributed by atoms with Crippen LogP contribution >= 0.6 is 11.6 Å². The van der Waals surface area contributed by atoms with Gasteiger partial charge in [-0.25, -0.2) is 4.39 Å². The molecule has 0 unspecified atom stereocenters. The topological polar surface area (TPSA) is 32.3 Å². The van der Waals surface area contributed by atoms with Gasteiger partial charge in [-0.05, 0) is 55.8 Å². The Labute approximate surface area is 141 Å². The van der Waals surface area contributed by atoms with Crippen molar-refractivity contribution in [2.75, 3.05) is 18.9 Å². The minimum Gasteiger partial charge on any atom is -0.323 e. The number of nitrogens with one attached hydrogen (secondary N) is 1. The summed E-state index contributed by atoms with van der Waals surface area (Å²) in [5.74, 6) is -0.401. The summed E-state index contributed by atoms with van der Waals surface area (Å²) < 4.78 is 12.9. The Morgan fingerprint density at radius 1 is 1.22 bits per heavy atom. The Kier molecular flexibility index (Phi) is 5.74. The standard InChI is InChI=1S/C18H20ClFN2O/c1-12-8-13(2)18(16(19)9-12)21-17(23)11-22(3)10-14-4-6-15(20)7-5-14/h4-9H,10-11H2,1-3H3,(H,21,23). The Bertz CT molecular complexity index is 678. The summed E-state index contributed by atoms with van der Waals surface area (Å²) in [7, 11) is 1.84. The Morgan fingerprint density at radius 2 is 1.87 bits per heavy atom. The highest BCUT2D eigenvalue weighted by molar-refractivity contribution is 6.34. The molecule has 3 nitrogen and oxygen atoms in total. The van der Waals surface area contributed by atoms with Crippen molar-refractivity contribution in [2.24, 2.45) is 0 Å². The summed E-state index contributed by atoms with van der Waals surface area (Å²) in [6.45, 7) is 4.66. The number of carbonyl (C=O) groups excluding carboxylic acids is 1. The van der Waals surface area contributed by atoms with Crippen molar-refractivity contribution in [1.82, 2.24) is 4.90 Å². The Morgan fingerprint density at radius 3 is 2.48 bits per heavy atom. The molecular weight excluding hydrogens is 315 g/mol. The van der Waals surface area contributed by atoms with Crippen LogP contribution in [0, 0.1) is 19.7 Å². The van der Waals surface area contributed by atoms with Gasteiger partial charge in [0.05, 0.1) is 17.3 Å². The molecule has 1 amide bonds. The number of likely N-dealkylation sites (N-methyl/N-ethyl adjacent to an activating group) is 1. The SMILES string of the molecule is Cc1cc(C)c(NC(=O)CN(C)Cc2ccc(F)cc2)c(Cl)c1. The van der Waals surface area contributed by atoms with E-state index >= 15 is 0 Å². The average molecular weight is 335 g/mol. The van der Waals surface area contributed by atoms with Crippen molar-refractivity contribution >= 4 is 23.2 Å². The number of benzene rings is 2. The fourth-order valence-corrected chi connectivity index (χ4v) is 2.82. The van der Waals surface area contributed by atoms with Gasteiger partial charge in [0.1, 0.15) is 5.82 Å². The first kappa shape index (κ1) is 17.4. The van der Waals surface area contributed by atoms with Crippen molar-refractivity contribution in [2.45, 2.75) is 20.4 Å². The second-order valence-corrected chi connectivity index (χ2v) is 6.19. The Balaban J connectivity index is 1.95. The predicted molar refractivity (Wildman–Crippen MR) is 92.3 cm³/mol. The van der Waals surface area contributed by atoms with Gasteiger partial charge in [-0.1, -0.05) is 29.8 Å². The summed E-state index contributed by atoms with van der Waals surface area (Å²) in [6, 6.07) is 10.1. The highest BCUT2D eigenvalue weighted by Crippen LogP contribution is 2.27. The van der Waals surface area contributed by atoms with E-state index in [9.17, 15) is 9.18 Å². The van der Waals surface area contributed by atoms with E-state index in [-0.39, 0.29) is 18.3 Å². The van der Waals surface area contributed by atoms with E-state index < -0.39 is 0 Å². The molecule has 0 bridgehead atoms. The van der Waals surface area contributed by atoms with Crippen LogP contribution in [0.15, 0.2) is 36.4 Å². The summed E-state index contributed by atoms with van der Waals surface area (Å²) in [5.41, 5.74) is 3.59. The maximum atomic E-state index is 12.9. The number of carbonyl (C=O) groups is 1. The van der Waals surface area contributed by atoms with Crippen LogP contribution < -0.4 is 5.32 Å². The minimum absolute atomic E-state index is 0.136. The van der Waals surface area contributed by atoms with Gasteiger partial charge >= 0.3 is 0 Å². The first-order valence-electron chi connectivity index (χ1n) is 7.34. The molecule has 0 fully saturated rings. The molecule has 0 atom stereocenters. The Hall–Kier alpha value is -1.91. The third-order valence-corrected chi connectivity index (χ3v) is 3.77. The third kappa shape index (κ3) is 5.05. The normalized spacial score (nSPS) is 10.9. The molecule has 0 aliphatic heterocycles. The largest absolute Gasteiger partial charge is 0.323 e. The molecular formula is C18H20ClFN2O. The number of hydrogen-bond acceptors (Lipinski definition) is 2. The summed E-state index contributed by atoms with van der Waals surface area (Å²) in [5, 5.41) is 3.40. The van der Waals surface area contributed by atoms with Gasteiger partial charge in [-0.15, -0.1) is 0 Å². The molecule has 0 radical (unpaired) electrons. The molecule has 2 aromatic carbocycles. The second kappa shape index (κ2) is 7.57. The summed E-state index contributed by atoms with van der Waals surface area (Å²) in [6.07, 6.45) is 0. The summed E-state index contributed by atoms with van der Waals surface area (Å²) in [4.78, 5) is 14.0. The molecule has 2 rings (SSSR count). The van der Waals surface area contributed by atoms with Crippen LogP contribution in [0.4, 0.5) is 10.1 Å². The quantitative estimate of drug-likeness (QED) is 0.890. The zero-order valence-electron chi connectivity index (χ0n) is 13.5. The van der Waals surface area contributed by atoms with E-state index in [2.05, 4.69) is 5.32 Å². The maximum Gasteiger partial charge on any atom is 0.238 e. The molecule has 0 aliphatic carbocycles. The van der Waals surface area contributed by atoms with Gasteiger partial charge in [0.2, 0.25) is 5.91 Å². The van der Waals surface area contributed by atoms with E-state index in [0.29, 0.717) is 17.3 Å². The van der Waals surface area contributed by atoms with E-state index in [1.54, 1.807) is 12.1 Å². The van der Waals surface area contributed by atoms with Crippen LogP contribution in [-0.4, -0.2) is 24.4 Å². The van der Waals surface area contributed by atoms with Crippen LogP contribution in [0.25, 0.3) is 0 Å². The minimum atomic E-state index is -0.265. The summed E-state index contributed by atoms with van der Waals surface area (Å²) >= 11 is 6.20. The van der Waals surface area contributed by atoms with Crippen LogP contribution in [0.2, 0.25) is 5.02 Å².